The van der Waals surface area contributed by atoms with Crippen molar-refractivity contribution in [1.29, 1.82) is 0 Å². The normalized spacial score (nSPS) is 17.9. The SMILES string of the molecule is O=C(NCCO)NC1CCCOc2cc(F)ccc21. The number of ether oxygens (including phenoxy) is 1. The lowest BCUT2D eigenvalue weighted by Gasteiger charge is -2.18. The van der Waals surface area contributed by atoms with Crippen molar-refractivity contribution in [3.8, 4) is 5.75 Å². The predicted molar refractivity (Wildman–Crippen MR) is 67.5 cm³/mol. The van der Waals surface area contributed by atoms with Crippen molar-refractivity contribution in [2.75, 3.05) is 19.8 Å². The summed E-state index contributed by atoms with van der Waals surface area (Å²) in [6, 6.07) is 3.76. The monoisotopic (exact) mass is 268 g/mol. The van der Waals surface area contributed by atoms with Gasteiger partial charge in [0.1, 0.15) is 11.6 Å². The number of nitrogens with one attached hydrogen (secondary N) is 2. The first kappa shape index (κ1) is 13.6. The molecule has 0 radical (unpaired) electrons. The van der Waals surface area contributed by atoms with Gasteiger partial charge in [-0.1, -0.05) is 6.07 Å². The number of hydrogen-bond acceptors (Lipinski definition) is 3. The van der Waals surface area contributed by atoms with E-state index in [2.05, 4.69) is 10.6 Å². The van der Waals surface area contributed by atoms with Gasteiger partial charge in [0.2, 0.25) is 0 Å². The predicted octanol–water partition coefficient (Wildman–Crippen LogP) is 1.33. The minimum Gasteiger partial charge on any atom is -0.493 e. The fourth-order valence-corrected chi connectivity index (χ4v) is 2.07. The fraction of sp³-hybridized carbons (Fsp3) is 0.462. The van der Waals surface area contributed by atoms with Crippen molar-refractivity contribution in [3.63, 3.8) is 0 Å². The number of aliphatic hydroxyl groups excluding tert-OH is 1. The summed E-state index contributed by atoms with van der Waals surface area (Å²) in [5.74, 6) is 0.120. The summed E-state index contributed by atoms with van der Waals surface area (Å²) in [6.07, 6.45) is 1.51. The van der Waals surface area contributed by atoms with E-state index >= 15 is 0 Å². The Hall–Kier alpha value is -1.82. The highest BCUT2D eigenvalue weighted by Gasteiger charge is 2.21. The Kier molecular flexibility index (Phi) is 4.57. The van der Waals surface area contributed by atoms with Gasteiger partial charge in [-0.15, -0.1) is 0 Å². The van der Waals surface area contributed by atoms with Crippen molar-refractivity contribution < 1.29 is 19.0 Å². The van der Waals surface area contributed by atoms with Gasteiger partial charge in [0.25, 0.3) is 0 Å². The van der Waals surface area contributed by atoms with Crippen molar-refractivity contribution in [3.05, 3.63) is 29.6 Å². The first-order valence-electron chi connectivity index (χ1n) is 6.28. The van der Waals surface area contributed by atoms with Crippen LogP contribution in [0.3, 0.4) is 0 Å². The molecule has 19 heavy (non-hydrogen) atoms. The number of amides is 2. The highest BCUT2D eigenvalue weighted by molar-refractivity contribution is 5.74. The van der Waals surface area contributed by atoms with Gasteiger partial charge in [-0.25, -0.2) is 9.18 Å². The zero-order valence-electron chi connectivity index (χ0n) is 10.5. The molecule has 1 aromatic rings. The molecule has 6 heteroatoms. The summed E-state index contributed by atoms with van der Waals surface area (Å²) in [7, 11) is 0. The number of rotatable bonds is 3. The van der Waals surface area contributed by atoms with E-state index < -0.39 is 0 Å². The van der Waals surface area contributed by atoms with Crippen LogP contribution in [-0.2, 0) is 0 Å². The molecule has 0 aliphatic carbocycles. The number of carbonyl (C=O) groups excluding carboxylic acids is 1. The molecule has 0 saturated carbocycles. The van der Waals surface area contributed by atoms with Crippen LogP contribution in [-0.4, -0.2) is 30.9 Å². The quantitative estimate of drug-likeness (QED) is 0.774. The molecule has 104 valence electrons. The minimum atomic E-state index is -0.357. The standard InChI is InChI=1S/C13H17FN2O3/c14-9-3-4-10-11(16-13(18)15-5-6-17)2-1-7-19-12(10)8-9/h3-4,8,11,17H,1-2,5-7H2,(H2,15,16,18). The van der Waals surface area contributed by atoms with Gasteiger partial charge in [0.15, 0.2) is 0 Å². The van der Waals surface area contributed by atoms with Gasteiger partial charge in [-0.3, -0.25) is 0 Å². The van der Waals surface area contributed by atoms with Crippen LogP contribution >= 0.6 is 0 Å². The van der Waals surface area contributed by atoms with Crippen molar-refractivity contribution in [2.24, 2.45) is 0 Å². The van der Waals surface area contributed by atoms with Crippen LogP contribution in [0.15, 0.2) is 18.2 Å². The number of halogens is 1. The Morgan fingerprint density at radius 1 is 1.53 bits per heavy atom. The first-order valence-corrected chi connectivity index (χ1v) is 6.28. The molecule has 2 rings (SSSR count). The zero-order chi connectivity index (χ0) is 13.7. The fourth-order valence-electron chi connectivity index (χ4n) is 2.07. The van der Waals surface area contributed by atoms with Crippen LogP contribution < -0.4 is 15.4 Å². The van der Waals surface area contributed by atoms with Gasteiger partial charge in [0.05, 0.1) is 19.3 Å². The summed E-state index contributed by atoms with van der Waals surface area (Å²) in [4.78, 5) is 11.6. The van der Waals surface area contributed by atoms with Gasteiger partial charge >= 0.3 is 6.03 Å². The molecule has 1 aliphatic rings. The van der Waals surface area contributed by atoms with Gasteiger partial charge in [0, 0.05) is 18.2 Å². The lowest BCUT2D eigenvalue weighted by molar-refractivity contribution is 0.230. The van der Waals surface area contributed by atoms with Crippen LogP contribution in [0.25, 0.3) is 0 Å². The van der Waals surface area contributed by atoms with E-state index in [4.69, 9.17) is 9.84 Å². The average molecular weight is 268 g/mol. The highest BCUT2D eigenvalue weighted by Crippen LogP contribution is 2.31. The van der Waals surface area contributed by atoms with E-state index in [-0.39, 0.29) is 31.0 Å². The maximum atomic E-state index is 13.2. The minimum absolute atomic E-state index is 0.108. The van der Waals surface area contributed by atoms with Crippen LogP contribution in [0, 0.1) is 5.82 Å². The molecular weight excluding hydrogens is 251 g/mol. The summed E-state index contributed by atoms with van der Waals surface area (Å²) >= 11 is 0. The summed E-state index contributed by atoms with van der Waals surface area (Å²) in [5, 5.41) is 14.0. The Labute approximate surface area is 110 Å². The average Bonchev–Trinajstić information content (AvgIpc) is 2.58. The molecular formula is C13H17FN2O3. The molecule has 0 fully saturated rings. The first-order chi connectivity index (χ1) is 9.20. The summed E-state index contributed by atoms with van der Waals surface area (Å²) in [5.41, 5.74) is 0.776. The maximum Gasteiger partial charge on any atom is 0.315 e. The number of fused-ring (bicyclic) bond motifs is 1. The van der Waals surface area contributed by atoms with Crippen molar-refractivity contribution in [1.82, 2.24) is 10.6 Å². The molecule has 5 nitrogen and oxygen atoms in total. The van der Waals surface area contributed by atoms with E-state index in [1.807, 2.05) is 0 Å². The van der Waals surface area contributed by atoms with E-state index in [0.717, 1.165) is 18.4 Å². The molecule has 2 amide bonds. The second-order valence-electron chi connectivity index (χ2n) is 4.35. The van der Waals surface area contributed by atoms with E-state index in [1.54, 1.807) is 6.07 Å². The topological polar surface area (TPSA) is 70.6 Å². The van der Waals surface area contributed by atoms with Gasteiger partial charge in [-0.05, 0) is 18.9 Å². The van der Waals surface area contributed by atoms with Crippen LogP contribution in [0.5, 0.6) is 5.75 Å². The molecule has 3 N–H and O–H groups in total. The number of carbonyl (C=O) groups is 1. The second kappa shape index (κ2) is 6.38. The zero-order valence-corrected chi connectivity index (χ0v) is 10.5. The second-order valence-corrected chi connectivity index (χ2v) is 4.35. The largest absolute Gasteiger partial charge is 0.493 e. The summed E-state index contributed by atoms with van der Waals surface area (Å²) < 4.78 is 18.6. The highest BCUT2D eigenvalue weighted by atomic mass is 19.1. The molecule has 1 atom stereocenters. The van der Waals surface area contributed by atoms with Crippen LogP contribution in [0.4, 0.5) is 9.18 Å². The molecule has 0 bridgehead atoms. The van der Waals surface area contributed by atoms with Crippen molar-refractivity contribution in [2.45, 2.75) is 18.9 Å². The number of aliphatic hydroxyl groups is 1. The molecule has 0 aromatic heterocycles. The third kappa shape index (κ3) is 3.57. The maximum absolute atomic E-state index is 13.2. The Balaban J connectivity index is 2.11. The van der Waals surface area contributed by atoms with Gasteiger partial charge in [-0.2, -0.15) is 0 Å². The Bertz CT molecular complexity index is 454. The third-order valence-electron chi connectivity index (χ3n) is 2.95. The summed E-state index contributed by atoms with van der Waals surface area (Å²) in [6.45, 7) is 0.598. The van der Waals surface area contributed by atoms with E-state index in [1.165, 1.54) is 12.1 Å². The lowest BCUT2D eigenvalue weighted by Crippen LogP contribution is -2.39. The van der Waals surface area contributed by atoms with Crippen LogP contribution in [0.2, 0.25) is 0 Å². The van der Waals surface area contributed by atoms with Crippen LogP contribution in [0.1, 0.15) is 24.4 Å². The van der Waals surface area contributed by atoms with E-state index in [0.29, 0.717) is 12.4 Å². The molecule has 1 aliphatic heterocycles. The third-order valence-corrected chi connectivity index (χ3v) is 2.95. The number of benzene rings is 1. The lowest BCUT2D eigenvalue weighted by atomic mass is 10.0. The Morgan fingerprint density at radius 2 is 2.37 bits per heavy atom. The Morgan fingerprint density at radius 3 is 3.16 bits per heavy atom. The number of urea groups is 1. The molecule has 0 spiro atoms. The molecule has 1 unspecified atom stereocenters. The molecule has 1 aromatic carbocycles. The molecule has 1 heterocycles. The molecule has 0 saturated heterocycles. The van der Waals surface area contributed by atoms with E-state index in [9.17, 15) is 9.18 Å². The number of hydrogen-bond donors (Lipinski definition) is 3. The van der Waals surface area contributed by atoms with Gasteiger partial charge < -0.3 is 20.5 Å². The smallest absolute Gasteiger partial charge is 0.315 e. The van der Waals surface area contributed by atoms with Crippen molar-refractivity contribution >= 4 is 6.03 Å².